The predicted molar refractivity (Wildman–Crippen MR) is 55.3 cm³/mol. The van der Waals surface area contributed by atoms with Gasteiger partial charge in [-0.15, -0.1) is 0 Å². The second kappa shape index (κ2) is 7.58. The van der Waals surface area contributed by atoms with Gasteiger partial charge in [-0.3, -0.25) is 10.1 Å². The standard InChI is InChI=1S/C9H20N2O4/c1-2-3-10-8(15)4-11-9(5-12,6-13)7-14/h11-14H,2-7H2,1H3,(H,10,15). The van der Waals surface area contributed by atoms with E-state index in [1.165, 1.54) is 0 Å². The molecule has 5 N–H and O–H groups in total. The molecule has 15 heavy (non-hydrogen) atoms. The summed E-state index contributed by atoms with van der Waals surface area (Å²) in [5.41, 5.74) is -1.19. The molecule has 0 saturated carbocycles. The number of aliphatic hydroxyl groups excluding tert-OH is 3. The lowest BCUT2D eigenvalue weighted by atomic mass is 10.0. The summed E-state index contributed by atoms with van der Waals surface area (Å²) in [7, 11) is 0. The van der Waals surface area contributed by atoms with Gasteiger partial charge in [0.25, 0.3) is 0 Å². The summed E-state index contributed by atoms with van der Waals surface area (Å²) in [6.45, 7) is 1.20. The molecule has 6 heteroatoms. The molecule has 0 aromatic carbocycles. The highest BCUT2D eigenvalue weighted by atomic mass is 16.3. The van der Waals surface area contributed by atoms with Crippen molar-refractivity contribution in [2.75, 3.05) is 32.9 Å². The maximum atomic E-state index is 11.2. The zero-order chi connectivity index (χ0) is 11.7. The first-order valence-corrected chi connectivity index (χ1v) is 4.98. The van der Waals surface area contributed by atoms with Crippen molar-refractivity contribution in [3.63, 3.8) is 0 Å². The topological polar surface area (TPSA) is 102 Å². The minimum Gasteiger partial charge on any atom is -0.394 e. The minimum atomic E-state index is -1.19. The van der Waals surface area contributed by atoms with Gasteiger partial charge in [0.2, 0.25) is 5.91 Å². The third kappa shape index (κ3) is 5.08. The molecule has 0 aliphatic carbocycles. The molecule has 0 aliphatic rings. The first kappa shape index (κ1) is 14.3. The van der Waals surface area contributed by atoms with Gasteiger partial charge in [0, 0.05) is 6.54 Å². The summed E-state index contributed by atoms with van der Waals surface area (Å²) in [5, 5.41) is 32.1. The molecule has 0 spiro atoms. The number of aliphatic hydroxyl groups is 3. The Labute approximate surface area is 89.3 Å². The van der Waals surface area contributed by atoms with E-state index in [1.54, 1.807) is 0 Å². The second-order valence-corrected chi connectivity index (χ2v) is 3.46. The van der Waals surface area contributed by atoms with Gasteiger partial charge < -0.3 is 20.6 Å². The third-order valence-electron chi connectivity index (χ3n) is 2.10. The Morgan fingerprint density at radius 2 is 1.73 bits per heavy atom. The van der Waals surface area contributed by atoms with E-state index in [0.29, 0.717) is 6.54 Å². The van der Waals surface area contributed by atoms with Crippen LogP contribution in [0.4, 0.5) is 0 Å². The number of hydrogen-bond acceptors (Lipinski definition) is 5. The van der Waals surface area contributed by atoms with Crippen LogP contribution < -0.4 is 10.6 Å². The van der Waals surface area contributed by atoms with Crippen LogP contribution in [0.2, 0.25) is 0 Å². The van der Waals surface area contributed by atoms with Gasteiger partial charge >= 0.3 is 0 Å². The highest BCUT2D eigenvalue weighted by molar-refractivity contribution is 5.78. The van der Waals surface area contributed by atoms with Crippen LogP contribution >= 0.6 is 0 Å². The first-order chi connectivity index (χ1) is 7.14. The zero-order valence-corrected chi connectivity index (χ0v) is 8.99. The first-order valence-electron chi connectivity index (χ1n) is 4.98. The fourth-order valence-corrected chi connectivity index (χ4v) is 0.912. The van der Waals surface area contributed by atoms with E-state index >= 15 is 0 Å². The molecule has 1 amide bonds. The van der Waals surface area contributed by atoms with E-state index < -0.39 is 25.4 Å². The largest absolute Gasteiger partial charge is 0.394 e. The molecular weight excluding hydrogens is 200 g/mol. The number of nitrogens with one attached hydrogen (secondary N) is 2. The van der Waals surface area contributed by atoms with Crippen molar-refractivity contribution >= 4 is 5.91 Å². The molecule has 90 valence electrons. The summed E-state index contributed by atoms with van der Waals surface area (Å²) in [6.07, 6.45) is 0.844. The fraction of sp³-hybridized carbons (Fsp3) is 0.889. The van der Waals surface area contributed by atoms with E-state index in [-0.39, 0.29) is 12.5 Å². The van der Waals surface area contributed by atoms with Gasteiger partial charge in [0.15, 0.2) is 0 Å². The van der Waals surface area contributed by atoms with Crippen molar-refractivity contribution in [1.29, 1.82) is 0 Å². The van der Waals surface area contributed by atoms with Crippen molar-refractivity contribution in [3.8, 4) is 0 Å². The van der Waals surface area contributed by atoms with Crippen molar-refractivity contribution in [2.24, 2.45) is 0 Å². The average Bonchev–Trinajstić information content (AvgIpc) is 2.29. The molecule has 0 unspecified atom stereocenters. The van der Waals surface area contributed by atoms with Gasteiger partial charge in [-0.05, 0) is 6.42 Å². The fourth-order valence-electron chi connectivity index (χ4n) is 0.912. The molecule has 0 heterocycles. The van der Waals surface area contributed by atoms with Crippen LogP contribution in [0, 0.1) is 0 Å². The summed E-state index contributed by atoms with van der Waals surface area (Å²) < 4.78 is 0. The van der Waals surface area contributed by atoms with Crippen LogP contribution in [0.15, 0.2) is 0 Å². The monoisotopic (exact) mass is 220 g/mol. The predicted octanol–water partition coefficient (Wildman–Crippen LogP) is -2.18. The van der Waals surface area contributed by atoms with Crippen LogP contribution in [0.3, 0.4) is 0 Å². The molecule has 0 aliphatic heterocycles. The second-order valence-electron chi connectivity index (χ2n) is 3.46. The Balaban J connectivity index is 3.93. The maximum Gasteiger partial charge on any atom is 0.233 e. The lowest BCUT2D eigenvalue weighted by molar-refractivity contribution is -0.120. The van der Waals surface area contributed by atoms with Crippen molar-refractivity contribution in [2.45, 2.75) is 18.9 Å². The summed E-state index contributed by atoms with van der Waals surface area (Å²) in [4.78, 5) is 11.2. The Hall–Kier alpha value is -0.690. The van der Waals surface area contributed by atoms with Crippen molar-refractivity contribution < 1.29 is 20.1 Å². The van der Waals surface area contributed by atoms with Crippen LogP contribution in [-0.2, 0) is 4.79 Å². The Kier molecular flexibility index (Phi) is 7.23. The smallest absolute Gasteiger partial charge is 0.233 e. The molecule has 0 aromatic heterocycles. The average molecular weight is 220 g/mol. The SMILES string of the molecule is CCCNC(=O)CNC(CO)(CO)CO. The molecule has 0 radical (unpaired) electrons. The number of carbonyl (C=O) groups is 1. The maximum absolute atomic E-state index is 11.2. The van der Waals surface area contributed by atoms with E-state index in [0.717, 1.165) is 6.42 Å². The van der Waals surface area contributed by atoms with E-state index in [2.05, 4.69) is 10.6 Å². The van der Waals surface area contributed by atoms with Gasteiger partial charge in [-0.1, -0.05) is 6.92 Å². The normalized spacial score (nSPS) is 11.5. The molecule has 0 saturated heterocycles. The molecule has 0 rings (SSSR count). The number of hydrogen-bond donors (Lipinski definition) is 5. The van der Waals surface area contributed by atoms with Crippen LogP contribution in [-0.4, -0.2) is 59.7 Å². The highest BCUT2D eigenvalue weighted by Crippen LogP contribution is 2.00. The Morgan fingerprint density at radius 3 is 2.13 bits per heavy atom. The van der Waals surface area contributed by atoms with Gasteiger partial charge in [0.1, 0.15) is 0 Å². The molecule has 0 fully saturated rings. The lowest BCUT2D eigenvalue weighted by Gasteiger charge is -2.28. The summed E-state index contributed by atoms with van der Waals surface area (Å²) in [5.74, 6) is -0.225. The van der Waals surface area contributed by atoms with E-state index in [1.807, 2.05) is 6.92 Å². The molecule has 0 atom stereocenters. The molecule has 0 aromatic rings. The Morgan fingerprint density at radius 1 is 1.20 bits per heavy atom. The number of amides is 1. The molecular formula is C9H20N2O4. The highest BCUT2D eigenvalue weighted by Gasteiger charge is 2.27. The van der Waals surface area contributed by atoms with Crippen LogP contribution in [0.25, 0.3) is 0 Å². The van der Waals surface area contributed by atoms with Crippen molar-refractivity contribution in [1.82, 2.24) is 10.6 Å². The number of carbonyl (C=O) groups excluding carboxylic acids is 1. The van der Waals surface area contributed by atoms with Gasteiger partial charge in [0.05, 0.1) is 31.9 Å². The van der Waals surface area contributed by atoms with Gasteiger partial charge in [-0.2, -0.15) is 0 Å². The van der Waals surface area contributed by atoms with Crippen LogP contribution in [0.5, 0.6) is 0 Å². The van der Waals surface area contributed by atoms with E-state index in [4.69, 9.17) is 15.3 Å². The molecule has 6 nitrogen and oxygen atoms in total. The van der Waals surface area contributed by atoms with Gasteiger partial charge in [-0.25, -0.2) is 0 Å². The summed E-state index contributed by atoms with van der Waals surface area (Å²) in [6, 6.07) is 0. The minimum absolute atomic E-state index is 0.0400. The Bertz CT molecular complexity index is 175. The van der Waals surface area contributed by atoms with Crippen LogP contribution in [0.1, 0.15) is 13.3 Å². The lowest BCUT2D eigenvalue weighted by Crippen LogP contribution is -2.57. The quantitative estimate of drug-likeness (QED) is 0.320. The number of rotatable bonds is 8. The molecule has 0 bridgehead atoms. The summed E-state index contributed by atoms with van der Waals surface area (Å²) >= 11 is 0. The van der Waals surface area contributed by atoms with Crippen molar-refractivity contribution in [3.05, 3.63) is 0 Å². The van der Waals surface area contributed by atoms with E-state index in [9.17, 15) is 4.79 Å². The zero-order valence-electron chi connectivity index (χ0n) is 8.99. The third-order valence-corrected chi connectivity index (χ3v) is 2.10.